The van der Waals surface area contributed by atoms with Gasteiger partial charge in [-0.1, -0.05) is 6.92 Å². The van der Waals surface area contributed by atoms with Gasteiger partial charge >= 0.3 is 12.0 Å². The number of benzene rings is 1. The number of nitrogens with one attached hydrogen (secondary N) is 2. The van der Waals surface area contributed by atoms with Crippen molar-refractivity contribution in [2.24, 2.45) is 5.92 Å². The van der Waals surface area contributed by atoms with Gasteiger partial charge in [-0.25, -0.2) is 9.18 Å². The van der Waals surface area contributed by atoms with E-state index in [1.54, 1.807) is 6.92 Å². The van der Waals surface area contributed by atoms with Crippen LogP contribution in [-0.2, 0) is 4.79 Å². The fourth-order valence-electron chi connectivity index (χ4n) is 1.49. The Morgan fingerprint density at radius 3 is 2.75 bits per heavy atom. The van der Waals surface area contributed by atoms with E-state index in [4.69, 9.17) is 5.11 Å². The Bertz CT molecular complexity index is 497. The molecule has 2 amide bonds. The van der Waals surface area contributed by atoms with Crippen LogP contribution in [0.1, 0.15) is 19.8 Å². The molecule has 0 aliphatic rings. The predicted molar refractivity (Wildman–Crippen MR) is 82.2 cm³/mol. The van der Waals surface area contributed by atoms with Gasteiger partial charge in [0.05, 0.1) is 11.6 Å². The number of carboxylic acid groups (broad SMARTS) is 1. The molecule has 3 N–H and O–H groups in total. The molecule has 0 aliphatic carbocycles. The Balaban J connectivity index is 2.32. The molecule has 0 aliphatic heterocycles. The molecule has 1 aromatic rings. The Kier molecular flexibility index (Phi) is 6.69. The third kappa shape index (κ3) is 5.72. The molecule has 0 fully saturated rings. The van der Waals surface area contributed by atoms with E-state index in [1.165, 1.54) is 18.2 Å². The van der Waals surface area contributed by atoms with Crippen molar-refractivity contribution in [2.45, 2.75) is 19.8 Å². The zero-order valence-corrected chi connectivity index (χ0v) is 13.1. The summed E-state index contributed by atoms with van der Waals surface area (Å²) >= 11 is 1.93. The number of hydrogen-bond acceptors (Lipinski definition) is 2. The topological polar surface area (TPSA) is 78.4 Å². The van der Waals surface area contributed by atoms with Gasteiger partial charge < -0.3 is 15.7 Å². The SMILES string of the molecule is CC(CCCNC(=O)Nc1ccc(F)cc1I)C(=O)O. The summed E-state index contributed by atoms with van der Waals surface area (Å²) in [5, 5.41) is 13.9. The molecule has 0 saturated heterocycles. The monoisotopic (exact) mass is 394 g/mol. The first-order valence-corrected chi connectivity index (χ1v) is 7.20. The van der Waals surface area contributed by atoms with E-state index in [0.717, 1.165) is 0 Å². The first kappa shape index (κ1) is 16.7. The van der Waals surface area contributed by atoms with Crippen molar-refractivity contribution in [3.63, 3.8) is 0 Å². The lowest BCUT2D eigenvalue weighted by Crippen LogP contribution is -2.30. The van der Waals surface area contributed by atoms with E-state index in [0.29, 0.717) is 28.6 Å². The third-order valence-corrected chi connectivity index (χ3v) is 3.59. The molecule has 5 nitrogen and oxygen atoms in total. The van der Waals surface area contributed by atoms with Crippen molar-refractivity contribution < 1.29 is 19.1 Å². The number of carbonyl (C=O) groups excluding carboxylic acids is 1. The summed E-state index contributed by atoms with van der Waals surface area (Å²) in [6.07, 6.45) is 1.09. The van der Waals surface area contributed by atoms with Crippen molar-refractivity contribution in [1.82, 2.24) is 5.32 Å². The van der Waals surface area contributed by atoms with E-state index in [1.807, 2.05) is 22.6 Å². The van der Waals surface area contributed by atoms with Gasteiger partial charge in [0.25, 0.3) is 0 Å². The van der Waals surface area contributed by atoms with E-state index >= 15 is 0 Å². The molecule has 1 unspecified atom stereocenters. The Morgan fingerprint density at radius 2 is 2.15 bits per heavy atom. The molecule has 20 heavy (non-hydrogen) atoms. The van der Waals surface area contributed by atoms with Gasteiger partial charge in [-0.3, -0.25) is 4.79 Å². The number of rotatable bonds is 6. The van der Waals surface area contributed by atoms with Gasteiger partial charge in [0.2, 0.25) is 0 Å². The molecule has 0 aromatic heterocycles. The number of hydrogen-bond donors (Lipinski definition) is 3. The second kappa shape index (κ2) is 8.03. The highest BCUT2D eigenvalue weighted by molar-refractivity contribution is 14.1. The Labute approximate surface area is 130 Å². The molecule has 1 atom stereocenters. The second-order valence-electron chi connectivity index (χ2n) is 4.39. The summed E-state index contributed by atoms with van der Waals surface area (Å²) in [6.45, 7) is 2.02. The highest BCUT2D eigenvalue weighted by Crippen LogP contribution is 2.18. The fourth-order valence-corrected chi connectivity index (χ4v) is 2.10. The van der Waals surface area contributed by atoms with Gasteiger partial charge in [0.15, 0.2) is 0 Å². The maximum Gasteiger partial charge on any atom is 0.319 e. The minimum absolute atomic E-state index is 0.358. The van der Waals surface area contributed by atoms with E-state index < -0.39 is 17.9 Å². The van der Waals surface area contributed by atoms with E-state index in [9.17, 15) is 14.0 Å². The van der Waals surface area contributed by atoms with Crippen LogP contribution in [-0.4, -0.2) is 23.7 Å². The predicted octanol–water partition coefficient (Wildman–Crippen LogP) is 3.05. The zero-order chi connectivity index (χ0) is 15.1. The molecule has 0 radical (unpaired) electrons. The van der Waals surface area contributed by atoms with Crippen LogP contribution in [0, 0.1) is 15.3 Å². The molecule has 0 saturated carbocycles. The molecule has 0 spiro atoms. The molecular weight excluding hydrogens is 378 g/mol. The van der Waals surface area contributed by atoms with Gasteiger partial charge in [0.1, 0.15) is 5.82 Å². The average Bonchev–Trinajstić information content (AvgIpc) is 2.37. The zero-order valence-electron chi connectivity index (χ0n) is 11.0. The van der Waals surface area contributed by atoms with Crippen molar-refractivity contribution in [3.05, 3.63) is 27.6 Å². The number of carboxylic acids is 1. The lowest BCUT2D eigenvalue weighted by atomic mass is 10.1. The number of carbonyl (C=O) groups is 2. The maximum atomic E-state index is 12.9. The molecular formula is C13H16FIN2O3. The van der Waals surface area contributed by atoms with Crippen LogP contribution >= 0.6 is 22.6 Å². The number of halogens is 2. The van der Waals surface area contributed by atoms with Gasteiger partial charge in [-0.2, -0.15) is 0 Å². The summed E-state index contributed by atoms with van der Waals surface area (Å²) in [7, 11) is 0. The first-order chi connectivity index (χ1) is 9.40. The summed E-state index contributed by atoms with van der Waals surface area (Å²) in [5.74, 6) is -1.61. The summed E-state index contributed by atoms with van der Waals surface area (Å²) < 4.78 is 13.5. The largest absolute Gasteiger partial charge is 0.481 e. The molecule has 7 heteroatoms. The molecule has 0 bridgehead atoms. The molecule has 110 valence electrons. The lowest BCUT2D eigenvalue weighted by Gasteiger charge is -2.10. The number of anilines is 1. The summed E-state index contributed by atoms with van der Waals surface area (Å²) in [6, 6.07) is 3.69. The van der Waals surface area contributed by atoms with E-state index in [-0.39, 0.29) is 5.82 Å². The van der Waals surface area contributed by atoms with Crippen LogP contribution < -0.4 is 10.6 Å². The van der Waals surface area contributed by atoms with Crippen LogP contribution in [0.15, 0.2) is 18.2 Å². The van der Waals surface area contributed by atoms with Crippen LogP contribution in [0.2, 0.25) is 0 Å². The number of amides is 2. The molecule has 1 rings (SSSR count). The summed E-state index contributed by atoms with van der Waals surface area (Å²) in [4.78, 5) is 22.2. The Morgan fingerprint density at radius 1 is 1.45 bits per heavy atom. The van der Waals surface area contributed by atoms with Crippen LogP contribution in [0.3, 0.4) is 0 Å². The first-order valence-electron chi connectivity index (χ1n) is 6.13. The second-order valence-corrected chi connectivity index (χ2v) is 5.55. The van der Waals surface area contributed by atoms with Gasteiger partial charge in [-0.05, 0) is 53.6 Å². The van der Waals surface area contributed by atoms with Crippen LogP contribution in [0.5, 0.6) is 0 Å². The third-order valence-electron chi connectivity index (χ3n) is 2.70. The highest BCUT2D eigenvalue weighted by Gasteiger charge is 2.10. The van der Waals surface area contributed by atoms with Crippen LogP contribution in [0.25, 0.3) is 0 Å². The normalized spacial score (nSPS) is 11.8. The highest BCUT2D eigenvalue weighted by atomic mass is 127. The molecule has 1 aromatic carbocycles. The quantitative estimate of drug-likeness (QED) is 0.513. The minimum Gasteiger partial charge on any atom is -0.481 e. The average molecular weight is 394 g/mol. The van der Waals surface area contributed by atoms with E-state index in [2.05, 4.69) is 10.6 Å². The van der Waals surface area contributed by atoms with Crippen molar-refractivity contribution >= 4 is 40.3 Å². The molecule has 0 heterocycles. The van der Waals surface area contributed by atoms with Gasteiger partial charge in [0, 0.05) is 10.1 Å². The van der Waals surface area contributed by atoms with Crippen molar-refractivity contribution in [2.75, 3.05) is 11.9 Å². The van der Waals surface area contributed by atoms with Crippen LogP contribution in [0.4, 0.5) is 14.9 Å². The lowest BCUT2D eigenvalue weighted by molar-refractivity contribution is -0.141. The minimum atomic E-state index is -0.838. The summed E-state index contributed by atoms with van der Waals surface area (Å²) in [5.41, 5.74) is 0.531. The fraction of sp³-hybridized carbons (Fsp3) is 0.385. The van der Waals surface area contributed by atoms with Crippen molar-refractivity contribution in [3.8, 4) is 0 Å². The van der Waals surface area contributed by atoms with Crippen molar-refractivity contribution in [1.29, 1.82) is 0 Å². The van der Waals surface area contributed by atoms with Gasteiger partial charge in [-0.15, -0.1) is 0 Å². The Hall–Kier alpha value is -1.38. The number of urea groups is 1. The number of aliphatic carboxylic acids is 1. The maximum absolute atomic E-state index is 12.9. The smallest absolute Gasteiger partial charge is 0.319 e. The standard InChI is InChI=1S/C13H16FIN2O3/c1-8(12(18)19)3-2-6-16-13(20)17-11-5-4-9(14)7-10(11)15/h4-5,7-8H,2-3,6H2,1H3,(H,18,19)(H2,16,17,20).